The zero-order chi connectivity index (χ0) is 28.1. The molecule has 0 unspecified atom stereocenters. The number of anilines is 1. The zero-order valence-electron chi connectivity index (χ0n) is 24.2. The molecule has 3 heterocycles. The summed E-state index contributed by atoms with van der Waals surface area (Å²) in [5.41, 5.74) is 11.1. The van der Waals surface area contributed by atoms with Crippen LogP contribution in [0.3, 0.4) is 0 Å². The normalized spacial score (nSPS) is 19.2. The molecule has 1 aromatic heterocycles. The first-order valence-electron chi connectivity index (χ1n) is 15.3. The lowest BCUT2D eigenvalue weighted by molar-refractivity contribution is -0.132. The summed E-state index contributed by atoms with van der Waals surface area (Å²) in [4.78, 5) is 34.4. The van der Waals surface area contributed by atoms with Gasteiger partial charge < -0.3 is 20.1 Å². The predicted octanol–water partition coefficient (Wildman–Crippen LogP) is 5.31. The number of ketones is 1. The van der Waals surface area contributed by atoms with Crippen LogP contribution in [0.2, 0.25) is 0 Å². The lowest BCUT2D eigenvalue weighted by Gasteiger charge is -2.33. The smallest absolute Gasteiger partial charge is 0.224 e. The van der Waals surface area contributed by atoms with Crippen LogP contribution in [0.1, 0.15) is 76.1 Å². The van der Waals surface area contributed by atoms with Crippen molar-refractivity contribution < 1.29 is 9.59 Å². The SMILES string of the molecule is CCCCn1c([C@@H]2CCCN(C(=O)C[C@H](N)Cc3ccc(N4CCC(C(C)=O)CC4)cc3)C2)nc2ccccc21. The van der Waals surface area contributed by atoms with E-state index >= 15 is 0 Å². The maximum Gasteiger partial charge on any atom is 0.224 e. The Hall–Kier alpha value is -3.19. The highest BCUT2D eigenvalue weighted by Gasteiger charge is 2.29. The van der Waals surface area contributed by atoms with Crippen LogP contribution < -0.4 is 10.6 Å². The van der Waals surface area contributed by atoms with Gasteiger partial charge >= 0.3 is 0 Å². The topological polar surface area (TPSA) is 84.5 Å². The van der Waals surface area contributed by atoms with E-state index in [0.29, 0.717) is 18.6 Å². The summed E-state index contributed by atoms with van der Waals surface area (Å²) in [7, 11) is 0. The fourth-order valence-electron chi connectivity index (χ4n) is 6.49. The summed E-state index contributed by atoms with van der Waals surface area (Å²) in [6, 6.07) is 16.7. The maximum atomic E-state index is 13.3. The van der Waals surface area contributed by atoms with Gasteiger partial charge in [0.15, 0.2) is 0 Å². The second-order valence-electron chi connectivity index (χ2n) is 11.8. The summed E-state index contributed by atoms with van der Waals surface area (Å²) < 4.78 is 2.39. The lowest BCUT2D eigenvalue weighted by atomic mass is 9.93. The van der Waals surface area contributed by atoms with Crippen LogP contribution >= 0.6 is 0 Å². The molecule has 2 aliphatic rings. The van der Waals surface area contributed by atoms with Crippen molar-refractivity contribution >= 4 is 28.4 Å². The first kappa shape index (κ1) is 28.3. The average molecular weight is 544 g/mol. The van der Waals surface area contributed by atoms with Gasteiger partial charge in [0.1, 0.15) is 11.6 Å². The van der Waals surface area contributed by atoms with Gasteiger partial charge in [-0.2, -0.15) is 0 Å². The minimum absolute atomic E-state index is 0.151. The first-order valence-corrected chi connectivity index (χ1v) is 15.3. The molecule has 0 aliphatic carbocycles. The predicted molar refractivity (Wildman–Crippen MR) is 162 cm³/mol. The number of amides is 1. The minimum atomic E-state index is -0.209. The van der Waals surface area contributed by atoms with Gasteiger partial charge in [0.2, 0.25) is 5.91 Å². The van der Waals surface area contributed by atoms with E-state index in [0.717, 1.165) is 88.2 Å². The Morgan fingerprint density at radius 1 is 1.02 bits per heavy atom. The Labute approximate surface area is 238 Å². The van der Waals surface area contributed by atoms with Crippen LogP contribution in [-0.2, 0) is 22.6 Å². The molecule has 0 saturated carbocycles. The molecule has 2 N–H and O–H groups in total. The fraction of sp³-hybridized carbons (Fsp3) is 0.545. The highest BCUT2D eigenvalue weighted by molar-refractivity contribution is 5.79. The van der Waals surface area contributed by atoms with Crippen molar-refractivity contribution in [1.82, 2.24) is 14.5 Å². The van der Waals surface area contributed by atoms with Crippen molar-refractivity contribution in [3.8, 4) is 0 Å². The van der Waals surface area contributed by atoms with Crippen molar-refractivity contribution in [3.63, 3.8) is 0 Å². The molecule has 0 bridgehead atoms. The van der Waals surface area contributed by atoms with E-state index in [-0.39, 0.29) is 23.8 Å². The van der Waals surface area contributed by atoms with Crippen LogP contribution in [-0.4, -0.2) is 58.4 Å². The third kappa shape index (κ3) is 6.57. The van der Waals surface area contributed by atoms with Gasteiger partial charge in [0.05, 0.1) is 11.0 Å². The molecule has 5 rings (SSSR count). The number of aromatic nitrogens is 2. The number of piperidine rings is 2. The van der Waals surface area contributed by atoms with Gasteiger partial charge in [-0.15, -0.1) is 0 Å². The van der Waals surface area contributed by atoms with E-state index in [1.54, 1.807) is 6.92 Å². The third-order valence-electron chi connectivity index (χ3n) is 8.86. The molecule has 7 nitrogen and oxygen atoms in total. The van der Waals surface area contributed by atoms with Gasteiger partial charge in [0.25, 0.3) is 0 Å². The van der Waals surface area contributed by atoms with E-state index in [1.165, 1.54) is 11.2 Å². The molecule has 2 aromatic carbocycles. The van der Waals surface area contributed by atoms with E-state index in [4.69, 9.17) is 10.7 Å². The number of rotatable bonds is 10. The monoisotopic (exact) mass is 543 g/mol. The highest BCUT2D eigenvalue weighted by atomic mass is 16.2. The maximum absolute atomic E-state index is 13.3. The highest BCUT2D eigenvalue weighted by Crippen LogP contribution is 2.30. The summed E-state index contributed by atoms with van der Waals surface area (Å²) in [5.74, 6) is 2.06. The van der Waals surface area contributed by atoms with Gasteiger partial charge in [-0.3, -0.25) is 9.59 Å². The number of nitrogens with two attached hydrogens (primary N) is 1. The molecule has 0 radical (unpaired) electrons. The molecule has 2 atom stereocenters. The second-order valence-corrected chi connectivity index (χ2v) is 11.8. The Balaban J connectivity index is 1.16. The molecule has 0 spiro atoms. The molecule has 2 aliphatic heterocycles. The minimum Gasteiger partial charge on any atom is -0.371 e. The summed E-state index contributed by atoms with van der Waals surface area (Å²) in [5, 5.41) is 0. The molecule has 1 amide bonds. The van der Waals surface area contributed by atoms with Gasteiger partial charge in [-0.1, -0.05) is 37.6 Å². The van der Waals surface area contributed by atoms with E-state index < -0.39 is 0 Å². The van der Waals surface area contributed by atoms with Crippen LogP contribution in [0, 0.1) is 5.92 Å². The Morgan fingerprint density at radius 3 is 2.50 bits per heavy atom. The van der Waals surface area contributed by atoms with Gasteiger partial charge in [-0.25, -0.2) is 4.98 Å². The largest absolute Gasteiger partial charge is 0.371 e. The summed E-state index contributed by atoms with van der Waals surface area (Å²) >= 11 is 0. The number of nitrogens with zero attached hydrogens (tertiary/aromatic N) is 4. The summed E-state index contributed by atoms with van der Waals surface area (Å²) in [6.07, 6.45) is 7.22. The number of benzene rings is 2. The molecule has 40 heavy (non-hydrogen) atoms. The molecular formula is C33H45N5O2. The molecule has 2 fully saturated rings. The third-order valence-corrected chi connectivity index (χ3v) is 8.86. The molecule has 3 aromatic rings. The number of carbonyl (C=O) groups excluding carboxylic acids is 2. The lowest BCUT2D eigenvalue weighted by Crippen LogP contribution is -2.42. The van der Waals surface area contributed by atoms with Crippen molar-refractivity contribution in [2.24, 2.45) is 11.7 Å². The van der Waals surface area contributed by atoms with Gasteiger partial charge in [0, 0.05) is 62.7 Å². The first-order chi connectivity index (χ1) is 19.4. The molecule has 7 heteroatoms. The van der Waals surface area contributed by atoms with Crippen LogP contribution in [0.25, 0.3) is 11.0 Å². The number of para-hydroxylation sites is 2. The Morgan fingerprint density at radius 2 is 1.77 bits per heavy atom. The number of hydrogen-bond acceptors (Lipinski definition) is 5. The number of likely N-dealkylation sites (tertiary alicyclic amines) is 1. The van der Waals surface area contributed by atoms with Gasteiger partial charge in [-0.05, 0) is 75.3 Å². The average Bonchev–Trinajstić information content (AvgIpc) is 3.35. The second kappa shape index (κ2) is 13.0. The van der Waals surface area contributed by atoms with Crippen LogP contribution in [0.15, 0.2) is 48.5 Å². The number of Topliss-reactive ketones (excluding diaryl/α,β-unsaturated/α-hetero) is 1. The number of aryl methyl sites for hydroxylation is 1. The summed E-state index contributed by atoms with van der Waals surface area (Å²) in [6.45, 7) is 8.25. The number of hydrogen-bond donors (Lipinski definition) is 1. The van der Waals surface area contributed by atoms with Crippen LogP contribution in [0.5, 0.6) is 0 Å². The Kier molecular flexibility index (Phi) is 9.20. The number of unbranched alkanes of at least 4 members (excludes halogenated alkanes) is 1. The van der Waals surface area contributed by atoms with Crippen LogP contribution in [0.4, 0.5) is 5.69 Å². The Bertz CT molecular complexity index is 1290. The number of imidazole rings is 1. The number of fused-ring (bicyclic) bond motifs is 1. The fourth-order valence-corrected chi connectivity index (χ4v) is 6.49. The van der Waals surface area contributed by atoms with Crippen molar-refractivity contribution in [2.75, 3.05) is 31.1 Å². The van der Waals surface area contributed by atoms with Crippen molar-refractivity contribution in [1.29, 1.82) is 0 Å². The van der Waals surface area contributed by atoms with E-state index in [1.807, 2.05) is 11.0 Å². The van der Waals surface area contributed by atoms with Crippen molar-refractivity contribution in [2.45, 2.75) is 83.7 Å². The zero-order valence-corrected chi connectivity index (χ0v) is 24.2. The molecule has 2 saturated heterocycles. The number of carbonyl (C=O) groups is 2. The van der Waals surface area contributed by atoms with E-state index in [9.17, 15) is 9.59 Å². The molecule has 214 valence electrons. The standard InChI is InChI=1S/C33H45N5O2/c1-3-4-18-38-31-10-6-5-9-30(31)35-33(38)27-8-7-17-37(23-27)32(40)22-28(34)21-25-11-13-29(14-12-25)36-19-15-26(16-20-36)24(2)39/h5-6,9-14,26-28H,3-4,7-8,15-23,34H2,1-2H3/t27-,28-/m1/s1. The molecular weight excluding hydrogens is 498 g/mol. The van der Waals surface area contributed by atoms with Crippen molar-refractivity contribution in [3.05, 3.63) is 59.9 Å². The quantitative estimate of drug-likeness (QED) is 0.375. The van der Waals surface area contributed by atoms with E-state index in [2.05, 4.69) is 58.9 Å².